The average Bonchev–Trinajstić information content (AvgIpc) is 3.16. The van der Waals surface area contributed by atoms with Gasteiger partial charge in [-0.1, -0.05) is 11.3 Å². The number of benzene rings is 1. The van der Waals surface area contributed by atoms with E-state index >= 15 is 0 Å². The van der Waals surface area contributed by atoms with E-state index in [1.807, 2.05) is 22.7 Å². The monoisotopic (exact) mass is 346 g/mol. The number of aromatic nitrogens is 3. The first-order chi connectivity index (χ1) is 11.7. The zero-order valence-electron chi connectivity index (χ0n) is 13.3. The predicted molar refractivity (Wildman–Crippen MR) is 89.3 cm³/mol. The van der Waals surface area contributed by atoms with Crippen LogP contribution >= 0.6 is 11.8 Å². The van der Waals surface area contributed by atoms with Crippen molar-refractivity contribution in [3.63, 3.8) is 0 Å². The molecular weight excluding hydrogens is 328 g/mol. The Morgan fingerprint density at radius 2 is 2.17 bits per heavy atom. The van der Waals surface area contributed by atoms with Gasteiger partial charge in [0.1, 0.15) is 0 Å². The lowest BCUT2D eigenvalue weighted by Gasteiger charge is -2.19. The van der Waals surface area contributed by atoms with Crippen LogP contribution in [-0.2, 0) is 7.05 Å². The van der Waals surface area contributed by atoms with E-state index in [0.717, 1.165) is 30.2 Å². The van der Waals surface area contributed by atoms with Gasteiger partial charge in [0.2, 0.25) is 6.79 Å². The number of rotatable bonds is 2. The molecular formula is C16H18N4O3S. The Kier molecular flexibility index (Phi) is 4.05. The summed E-state index contributed by atoms with van der Waals surface area (Å²) in [4.78, 5) is 14.4. The average molecular weight is 346 g/mol. The van der Waals surface area contributed by atoms with Gasteiger partial charge in [0.25, 0.3) is 5.91 Å². The Morgan fingerprint density at radius 3 is 3.00 bits per heavy atom. The van der Waals surface area contributed by atoms with Crippen LogP contribution < -0.4 is 9.47 Å². The van der Waals surface area contributed by atoms with Gasteiger partial charge in [-0.25, -0.2) is 0 Å². The summed E-state index contributed by atoms with van der Waals surface area (Å²) in [6, 6.07) is 6.11. The van der Waals surface area contributed by atoms with Gasteiger partial charge < -0.3 is 14.4 Å². The number of carbonyl (C=O) groups excluding carboxylic acids is 1. The van der Waals surface area contributed by atoms with Gasteiger partial charge in [0, 0.05) is 31.1 Å². The standard InChI is InChI=1S/C16H18N4O3S/c1-19-9-12(17-18-19)16(21)20-5-4-15(24-7-6-20)11-2-3-13-14(8-11)23-10-22-13/h2-3,8-9,15H,4-7,10H2,1H3. The van der Waals surface area contributed by atoms with Crippen molar-refractivity contribution >= 4 is 17.7 Å². The second kappa shape index (κ2) is 6.35. The third kappa shape index (κ3) is 2.93. The lowest BCUT2D eigenvalue weighted by atomic mass is 10.1. The van der Waals surface area contributed by atoms with E-state index in [9.17, 15) is 4.79 Å². The molecule has 2 aliphatic rings. The van der Waals surface area contributed by atoms with Crippen molar-refractivity contribution in [1.82, 2.24) is 19.9 Å². The molecule has 1 amide bonds. The maximum atomic E-state index is 12.5. The molecule has 1 aromatic heterocycles. The van der Waals surface area contributed by atoms with Crippen LogP contribution in [-0.4, -0.2) is 51.4 Å². The van der Waals surface area contributed by atoms with Gasteiger partial charge in [0.05, 0.1) is 6.20 Å². The molecule has 7 nitrogen and oxygen atoms in total. The van der Waals surface area contributed by atoms with Crippen LogP contribution in [0.4, 0.5) is 0 Å². The molecule has 4 rings (SSSR count). The normalized spacial score (nSPS) is 20.0. The minimum Gasteiger partial charge on any atom is -0.454 e. The topological polar surface area (TPSA) is 69.5 Å². The van der Waals surface area contributed by atoms with Crippen molar-refractivity contribution in [2.75, 3.05) is 25.6 Å². The van der Waals surface area contributed by atoms with E-state index in [1.165, 1.54) is 5.56 Å². The summed E-state index contributed by atoms with van der Waals surface area (Å²) < 4.78 is 12.4. The highest BCUT2D eigenvalue weighted by Gasteiger charge is 2.25. The fourth-order valence-electron chi connectivity index (χ4n) is 2.96. The molecule has 1 fully saturated rings. The SMILES string of the molecule is Cn1cc(C(=O)N2CCSC(c3ccc4c(c3)OCO4)CC2)nn1. The molecule has 0 spiro atoms. The third-order valence-electron chi connectivity index (χ3n) is 4.22. The molecule has 1 aromatic carbocycles. The number of fused-ring (bicyclic) bond motifs is 1. The lowest BCUT2D eigenvalue weighted by Crippen LogP contribution is -2.33. The molecule has 3 heterocycles. The number of nitrogens with zero attached hydrogens (tertiary/aromatic N) is 4. The largest absolute Gasteiger partial charge is 0.454 e. The van der Waals surface area contributed by atoms with Crippen molar-refractivity contribution in [2.24, 2.45) is 7.05 Å². The van der Waals surface area contributed by atoms with E-state index in [4.69, 9.17) is 9.47 Å². The van der Waals surface area contributed by atoms with Crippen molar-refractivity contribution in [1.29, 1.82) is 0 Å². The molecule has 2 aliphatic heterocycles. The van der Waals surface area contributed by atoms with E-state index < -0.39 is 0 Å². The Hall–Kier alpha value is -2.22. The van der Waals surface area contributed by atoms with Gasteiger partial charge in [-0.2, -0.15) is 11.8 Å². The summed E-state index contributed by atoms with van der Waals surface area (Å²) in [5.74, 6) is 2.46. The predicted octanol–water partition coefficient (Wildman–Crippen LogP) is 1.86. The second-order valence-electron chi connectivity index (χ2n) is 5.83. The first kappa shape index (κ1) is 15.3. The number of ether oxygens (including phenoxy) is 2. The van der Waals surface area contributed by atoms with E-state index in [2.05, 4.69) is 22.4 Å². The first-order valence-corrected chi connectivity index (χ1v) is 8.92. The third-order valence-corrected chi connectivity index (χ3v) is 5.55. The fourth-order valence-corrected chi connectivity index (χ4v) is 4.18. The number of hydrogen-bond donors (Lipinski definition) is 0. The molecule has 24 heavy (non-hydrogen) atoms. The number of thioether (sulfide) groups is 1. The molecule has 0 N–H and O–H groups in total. The summed E-state index contributed by atoms with van der Waals surface area (Å²) >= 11 is 1.87. The minimum absolute atomic E-state index is 0.0463. The minimum atomic E-state index is -0.0463. The van der Waals surface area contributed by atoms with E-state index in [1.54, 1.807) is 17.9 Å². The Bertz CT molecular complexity index is 764. The van der Waals surface area contributed by atoms with Gasteiger partial charge in [-0.05, 0) is 24.1 Å². The smallest absolute Gasteiger partial charge is 0.276 e. The summed E-state index contributed by atoms with van der Waals surface area (Å²) in [6.45, 7) is 1.72. The summed E-state index contributed by atoms with van der Waals surface area (Å²) in [5.41, 5.74) is 1.63. The molecule has 1 atom stereocenters. The van der Waals surface area contributed by atoms with Crippen molar-refractivity contribution in [2.45, 2.75) is 11.7 Å². The summed E-state index contributed by atoms with van der Waals surface area (Å²) in [6.07, 6.45) is 2.56. The van der Waals surface area contributed by atoms with Crippen LogP contribution in [0.3, 0.4) is 0 Å². The van der Waals surface area contributed by atoms with E-state index in [0.29, 0.717) is 17.5 Å². The first-order valence-electron chi connectivity index (χ1n) is 7.87. The Balaban J connectivity index is 1.45. The molecule has 8 heteroatoms. The molecule has 0 radical (unpaired) electrons. The molecule has 2 aromatic rings. The molecule has 1 saturated heterocycles. The highest BCUT2D eigenvalue weighted by atomic mass is 32.2. The Labute approximate surface area is 143 Å². The fraction of sp³-hybridized carbons (Fsp3) is 0.438. The number of amides is 1. The van der Waals surface area contributed by atoms with Gasteiger partial charge in [-0.15, -0.1) is 5.10 Å². The van der Waals surface area contributed by atoms with Crippen LogP contribution in [0.2, 0.25) is 0 Å². The molecule has 0 bridgehead atoms. The van der Waals surface area contributed by atoms with Crippen molar-refractivity contribution < 1.29 is 14.3 Å². The Morgan fingerprint density at radius 1 is 1.29 bits per heavy atom. The molecule has 0 aliphatic carbocycles. The lowest BCUT2D eigenvalue weighted by molar-refractivity contribution is 0.0760. The van der Waals surface area contributed by atoms with Crippen LogP contribution in [0.5, 0.6) is 11.5 Å². The van der Waals surface area contributed by atoms with Gasteiger partial charge in [-0.3, -0.25) is 9.48 Å². The quantitative estimate of drug-likeness (QED) is 0.827. The van der Waals surface area contributed by atoms with Crippen LogP contribution in [0, 0.1) is 0 Å². The van der Waals surface area contributed by atoms with Crippen LogP contribution in [0.25, 0.3) is 0 Å². The highest BCUT2D eigenvalue weighted by molar-refractivity contribution is 7.99. The van der Waals surface area contributed by atoms with Crippen molar-refractivity contribution in [3.05, 3.63) is 35.7 Å². The zero-order chi connectivity index (χ0) is 16.5. The van der Waals surface area contributed by atoms with Gasteiger partial charge in [0.15, 0.2) is 17.2 Å². The number of aryl methyl sites for hydroxylation is 1. The number of hydrogen-bond acceptors (Lipinski definition) is 6. The van der Waals surface area contributed by atoms with Gasteiger partial charge >= 0.3 is 0 Å². The van der Waals surface area contributed by atoms with E-state index in [-0.39, 0.29) is 12.7 Å². The summed E-state index contributed by atoms with van der Waals surface area (Å²) in [7, 11) is 1.76. The maximum Gasteiger partial charge on any atom is 0.276 e. The number of carbonyl (C=O) groups is 1. The highest BCUT2D eigenvalue weighted by Crippen LogP contribution is 2.40. The van der Waals surface area contributed by atoms with Crippen LogP contribution in [0.15, 0.2) is 24.4 Å². The molecule has 0 saturated carbocycles. The maximum absolute atomic E-state index is 12.5. The summed E-state index contributed by atoms with van der Waals surface area (Å²) in [5, 5.41) is 8.11. The molecule has 126 valence electrons. The van der Waals surface area contributed by atoms with Crippen molar-refractivity contribution in [3.8, 4) is 11.5 Å². The molecule has 1 unspecified atom stereocenters. The zero-order valence-corrected chi connectivity index (χ0v) is 14.2. The second-order valence-corrected chi connectivity index (χ2v) is 7.14. The van der Waals surface area contributed by atoms with Crippen LogP contribution in [0.1, 0.15) is 27.7 Å².